The number of rotatable bonds is 7. The van der Waals surface area contributed by atoms with E-state index in [9.17, 15) is 13.2 Å². The third-order valence-corrected chi connectivity index (χ3v) is 12.2. The molecule has 0 aliphatic carbocycles. The first-order valence-corrected chi connectivity index (χ1v) is 17.1. The fraction of sp³-hybridized carbons (Fsp3) is 0. The molecule has 0 radical (unpaired) electrons. The first kappa shape index (κ1) is 28.2. The Bertz CT molecular complexity index is 1940. The first-order chi connectivity index (χ1) is 21.0. The topological polar surface area (TPSA) is 0 Å². The summed E-state index contributed by atoms with van der Waals surface area (Å²) >= 11 is 4.84. The highest BCUT2D eigenvalue weighted by Gasteiger charge is 2.25. The molecule has 0 aliphatic rings. The Morgan fingerprint density at radius 2 is 0.651 bits per heavy atom. The van der Waals surface area contributed by atoms with Gasteiger partial charge < -0.3 is 0 Å². The van der Waals surface area contributed by atoms with Crippen LogP contribution in [0.5, 0.6) is 0 Å². The van der Waals surface area contributed by atoms with Crippen LogP contribution in [0.25, 0.3) is 25.1 Å². The molecule has 7 rings (SSSR count). The maximum Gasteiger partial charge on any atom is 0.187 e. The van der Waals surface area contributed by atoms with Gasteiger partial charge in [0, 0.05) is 62.7 Å². The van der Waals surface area contributed by atoms with E-state index in [1.54, 1.807) is 71.7 Å². The van der Waals surface area contributed by atoms with E-state index in [1.165, 1.54) is 61.5 Å². The standard InChI is InChI=1S/C36H22F3S4/c37-23-1-7-26(8-2-23)40-29-13-17-32(18-14-29)43-35-19-15-30(41-27-9-3-24(38)4-10-27)21-33(35)34-22-31(16-20-36(34)43)42-28-11-5-25(39)6-12-28/h1-22H/q+1. The zero-order valence-electron chi connectivity index (χ0n) is 22.5. The smallest absolute Gasteiger partial charge is 0.187 e. The monoisotopic (exact) mass is 639 g/mol. The molecule has 1 heterocycles. The van der Waals surface area contributed by atoms with E-state index in [0.717, 1.165) is 29.4 Å². The molecule has 6 aromatic carbocycles. The average Bonchev–Trinajstić information content (AvgIpc) is 3.34. The zero-order valence-corrected chi connectivity index (χ0v) is 25.7. The summed E-state index contributed by atoms with van der Waals surface area (Å²) in [4.78, 5) is 7.44. The van der Waals surface area contributed by atoms with Gasteiger partial charge in [-0.05, 0) is 121 Å². The molecule has 0 atom stereocenters. The number of thiophene rings is 1. The molecule has 0 N–H and O–H groups in total. The molecule has 0 saturated carbocycles. The second-order valence-electron chi connectivity index (χ2n) is 9.76. The summed E-state index contributed by atoms with van der Waals surface area (Å²) < 4.78 is 42.9. The lowest BCUT2D eigenvalue weighted by molar-refractivity contribution is 0.626. The summed E-state index contributed by atoms with van der Waals surface area (Å²) in [6.07, 6.45) is 0. The van der Waals surface area contributed by atoms with E-state index in [0.29, 0.717) is 0 Å². The van der Waals surface area contributed by atoms with Crippen LogP contribution >= 0.6 is 45.8 Å². The van der Waals surface area contributed by atoms with Crippen molar-refractivity contribution in [1.82, 2.24) is 0 Å². The fourth-order valence-electron chi connectivity index (χ4n) is 4.85. The summed E-state index contributed by atoms with van der Waals surface area (Å²) in [5.74, 6) is -0.730. The minimum Gasteiger partial charge on any atom is -0.207 e. The molecule has 7 aromatic rings. The van der Waals surface area contributed by atoms with Crippen molar-refractivity contribution in [2.45, 2.75) is 29.4 Å². The van der Waals surface area contributed by atoms with Crippen molar-refractivity contribution in [2.75, 3.05) is 0 Å². The zero-order chi connectivity index (χ0) is 29.3. The van der Waals surface area contributed by atoms with Crippen LogP contribution in [0.15, 0.2) is 163 Å². The lowest BCUT2D eigenvalue weighted by Crippen LogP contribution is -1.77. The second kappa shape index (κ2) is 12.2. The largest absolute Gasteiger partial charge is 0.207 e. The highest BCUT2D eigenvalue weighted by atomic mass is 32.2. The third kappa shape index (κ3) is 6.22. The van der Waals surface area contributed by atoms with Gasteiger partial charge in [0.1, 0.15) is 17.5 Å². The molecule has 1 aromatic heterocycles. The SMILES string of the molecule is Fc1ccc(Sc2ccc(-[s+]3c4ccc(Sc5ccc(F)cc5)cc4c4cc(Sc5ccc(F)cc5)ccc43)cc2)cc1. The Morgan fingerprint density at radius 1 is 0.349 bits per heavy atom. The predicted octanol–water partition coefficient (Wildman–Crippen LogP) is 12.6. The minimum atomic E-state index is -0.291. The molecule has 0 unspecified atom stereocenters. The van der Waals surface area contributed by atoms with Gasteiger partial charge in [-0.15, -0.1) is 0 Å². The van der Waals surface area contributed by atoms with E-state index in [-0.39, 0.29) is 27.9 Å². The molecular formula is C36H22F3S4+. The van der Waals surface area contributed by atoms with Crippen molar-refractivity contribution in [3.05, 3.63) is 151 Å². The highest BCUT2D eigenvalue weighted by molar-refractivity contribution is 7.99. The summed E-state index contributed by atoms with van der Waals surface area (Å²) in [5.41, 5.74) is 0. The quantitative estimate of drug-likeness (QED) is 0.159. The Kier molecular flexibility index (Phi) is 7.97. The number of fused-ring (bicyclic) bond motifs is 3. The van der Waals surface area contributed by atoms with Crippen molar-refractivity contribution in [2.24, 2.45) is 0 Å². The lowest BCUT2D eigenvalue weighted by atomic mass is 10.1. The van der Waals surface area contributed by atoms with E-state index < -0.39 is 0 Å². The summed E-state index contributed by atoms with van der Waals surface area (Å²) in [6, 6.07) is 41.5. The normalized spacial score (nSPS) is 11.4. The molecule has 0 aliphatic heterocycles. The van der Waals surface area contributed by atoms with E-state index >= 15 is 0 Å². The number of hydrogen-bond acceptors (Lipinski definition) is 3. The lowest BCUT2D eigenvalue weighted by Gasteiger charge is -2.02. The van der Waals surface area contributed by atoms with E-state index in [2.05, 4.69) is 60.7 Å². The van der Waals surface area contributed by atoms with Crippen LogP contribution in [-0.4, -0.2) is 0 Å². The van der Waals surface area contributed by atoms with E-state index in [4.69, 9.17) is 0 Å². The van der Waals surface area contributed by atoms with Crippen LogP contribution in [0.2, 0.25) is 0 Å². The minimum absolute atomic E-state index is 0.238. The van der Waals surface area contributed by atoms with Crippen LogP contribution < -0.4 is 0 Å². The molecule has 7 heteroatoms. The van der Waals surface area contributed by atoms with Gasteiger partial charge in [0.25, 0.3) is 0 Å². The Morgan fingerprint density at radius 3 is 1.02 bits per heavy atom. The van der Waals surface area contributed by atoms with Crippen LogP contribution in [0, 0.1) is 17.5 Å². The number of hydrogen-bond donors (Lipinski definition) is 0. The number of halogens is 3. The van der Waals surface area contributed by atoms with Gasteiger partial charge in [-0.2, -0.15) is 0 Å². The molecule has 0 saturated heterocycles. The summed E-state index contributed by atoms with van der Waals surface area (Å²) in [6.45, 7) is 0. The van der Waals surface area contributed by atoms with Gasteiger partial charge in [0.2, 0.25) is 0 Å². The molecule has 0 nitrogen and oxygen atoms in total. The van der Waals surface area contributed by atoms with Gasteiger partial charge in [0.05, 0.1) is 0 Å². The van der Waals surface area contributed by atoms with Gasteiger partial charge in [0.15, 0.2) is 14.3 Å². The Hall–Kier alpha value is -3.62. The highest BCUT2D eigenvalue weighted by Crippen LogP contribution is 2.50. The predicted molar refractivity (Wildman–Crippen MR) is 177 cm³/mol. The molecule has 0 spiro atoms. The van der Waals surface area contributed by atoms with Crippen molar-refractivity contribution < 1.29 is 13.2 Å². The van der Waals surface area contributed by atoms with Gasteiger partial charge in [-0.25, -0.2) is 13.2 Å². The maximum absolute atomic E-state index is 13.5. The van der Waals surface area contributed by atoms with Crippen molar-refractivity contribution in [3.8, 4) is 4.90 Å². The molecular weight excluding hydrogens is 618 g/mol. The molecule has 210 valence electrons. The van der Waals surface area contributed by atoms with Gasteiger partial charge >= 0.3 is 0 Å². The van der Waals surface area contributed by atoms with E-state index in [1.807, 2.05) is 0 Å². The first-order valence-electron chi connectivity index (χ1n) is 13.4. The van der Waals surface area contributed by atoms with Crippen molar-refractivity contribution >= 4 is 65.9 Å². The molecule has 0 bridgehead atoms. The van der Waals surface area contributed by atoms with Crippen LogP contribution in [0.3, 0.4) is 0 Å². The maximum atomic E-state index is 13.5. The van der Waals surface area contributed by atoms with Gasteiger partial charge in [-0.3, -0.25) is 0 Å². The molecule has 43 heavy (non-hydrogen) atoms. The fourth-order valence-corrected chi connectivity index (χ4v) is 9.72. The molecule has 0 amide bonds. The van der Waals surface area contributed by atoms with Crippen LogP contribution in [0.1, 0.15) is 0 Å². The summed E-state index contributed by atoms with van der Waals surface area (Å²) in [7, 11) is -0.291. The van der Waals surface area contributed by atoms with Crippen LogP contribution in [-0.2, 0) is 0 Å². The Labute approximate surface area is 262 Å². The number of benzene rings is 6. The molecule has 0 fully saturated rings. The van der Waals surface area contributed by atoms with Crippen molar-refractivity contribution in [3.63, 3.8) is 0 Å². The Balaban J connectivity index is 1.30. The average molecular weight is 640 g/mol. The second-order valence-corrected chi connectivity index (χ2v) is 15.2. The van der Waals surface area contributed by atoms with Crippen molar-refractivity contribution in [1.29, 1.82) is 0 Å². The van der Waals surface area contributed by atoms with Crippen LogP contribution in [0.4, 0.5) is 13.2 Å². The summed E-state index contributed by atoms with van der Waals surface area (Å²) in [5, 5.41) is 2.38. The van der Waals surface area contributed by atoms with Gasteiger partial charge in [-0.1, -0.05) is 35.3 Å². The third-order valence-electron chi connectivity index (χ3n) is 6.84.